The van der Waals surface area contributed by atoms with Gasteiger partial charge in [-0.2, -0.15) is 5.10 Å². The highest BCUT2D eigenvalue weighted by Gasteiger charge is 2.00. The van der Waals surface area contributed by atoms with Crippen LogP contribution in [-0.4, -0.2) is 42.0 Å². The maximum absolute atomic E-state index is 5.55. The summed E-state index contributed by atoms with van der Waals surface area (Å²) < 4.78 is 12.6. The van der Waals surface area contributed by atoms with Crippen molar-refractivity contribution in [2.45, 2.75) is 26.4 Å². The van der Waals surface area contributed by atoms with E-state index in [4.69, 9.17) is 9.15 Å². The Kier molecular flexibility index (Phi) is 7.89. The largest absolute Gasteiger partial charge is 0.467 e. The predicted molar refractivity (Wildman–Crippen MR) is 93.9 cm³/mol. The van der Waals surface area contributed by atoms with E-state index in [2.05, 4.69) is 27.6 Å². The summed E-state index contributed by atoms with van der Waals surface area (Å²) in [6, 6.07) is 3.77. The third-order valence-corrected chi connectivity index (χ3v) is 3.35. The molecule has 0 saturated heterocycles. The Hall–Kier alpha value is -2.28. The fraction of sp³-hybridized carbons (Fsp3) is 0.529. The fourth-order valence-electron chi connectivity index (χ4n) is 2.19. The number of aromatic nitrogens is 2. The number of aliphatic imine (C=N–C) groups is 1. The van der Waals surface area contributed by atoms with Crippen molar-refractivity contribution in [3.8, 4) is 0 Å². The molecular formula is C17H27N5O2. The standard InChI is InChI=1S/C17H27N5O2/c1-3-18-17(20-9-7-15-12-21-22(2)13-15)19-8-5-10-23-14-16-6-4-11-24-16/h4,6,11-13H,3,5,7-10,14H2,1-2H3,(H2,18,19,20). The van der Waals surface area contributed by atoms with E-state index >= 15 is 0 Å². The molecule has 2 heterocycles. The lowest BCUT2D eigenvalue weighted by atomic mass is 10.2. The van der Waals surface area contributed by atoms with Crippen LogP contribution in [0.1, 0.15) is 24.7 Å². The lowest BCUT2D eigenvalue weighted by Crippen LogP contribution is -2.38. The molecule has 0 radical (unpaired) electrons. The van der Waals surface area contributed by atoms with E-state index in [0.717, 1.165) is 44.2 Å². The highest BCUT2D eigenvalue weighted by molar-refractivity contribution is 5.79. The van der Waals surface area contributed by atoms with Gasteiger partial charge in [-0.05, 0) is 37.5 Å². The van der Waals surface area contributed by atoms with Crippen molar-refractivity contribution in [3.05, 3.63) is 42.1 Å². The van der Waals surface area contributed by atoms with Crippen molar-refractivity contribution in [2.24, 2.45) is 12.0 Å². The molecule has 0 aliphatic heterocycles. The maximum atomic E-state index is 5.55. The molecule has 0 atom stereocenters. The molecule has 24 heavy (non-hydrogen) atoms. The zero-order valence-electron chi connectivity index (χ0n) is 14.5. The van der Waals surface area contributed by atoms with Crippen molar-refractivity contribution >= 4 is 5.96 Å². The van der Waals surface area contributed by atoms with E-state index < -0.39 is 0 Å². The molecule has 0 aromatic carbocycles. The number of rotatable bonds is 10. The summed E-state index contributed by atoms with van der Waals surface area (Å²) in [6.45, 7) is 5.63. The molecule has 2 rings (SSSR count). The van der Waals surface area contributed by atoms with Crippen LogP contribution in [0.25, 0.3) is 0 Å². The minimum Gasteiger partial charge on any atom is -0.467 e. The second-order valence-electron chi connectivity index (χ2n) is 5.45. The van der Waals surface area contributed by atoms with Crippen molar-refractivity contribution in [1.82, 2.24) is 20.4 Å². The zero-order chi connectivity index (χ0) is 17.0. The van der Waals surface area contributed by atoms with Crippen LogP contribution in [-0.2, 0) is 24.8 Å². The second kappa shape index (κ2) is 10.5. The van der Waals surface area contributed by atoms with Gasteiger partial charge < -0.3 is 19.8 Å². The molecule has 0 aliphatic carbocycles. The lowest BCUT2D eigenvalue weighted by molar-refractivity contribution is 0.105. The quantitative estimate of drug-likeness (QED) is 0.393. The fourth-order valence-corrected chi connectivity index (χ4v) is 2.19. The third-order valence-electron chi connectivity index (χ3n) is 3.35. The maximum Gasteiger partial charge on any atom is 0.191 e. The molecule has 0 bridgehead atoms. The highest BCUT2D eigenvalue weighted by atomic mass is 16.5. The van der Waals surface area contributed by atoms with Gasteiger partial charge >= 0.3 is 0 Å². The Morgan fingerprint density at radius 2 is 2.33 bits per heavy atom. The van der Waals surface area contributed by atoms with Gasteiger partial charge in [0.25, 0.3) is 0 Å². The first kappa shape index (κ1) is 18.1. The van der Waals surface area contributed by atoms with E-state index in [1.165, 1.54) is 5.56 Å². The molecule has 7 nitrogen and oxygen atoms in total. The van der Waals surface area contributed by atoms with Gasteiger partial charge in [0, 0.05) is 39.5 Å². The molecule has 2 N–H and O–H groups in total. The minimum atomic E-state index is 0.514. The van der Waals surface area contributed by atoms with Crippen LogP contribution in [0.15, 0.2) is 40.2 Å². The number of nitrogens with zero attached hydrogens (tertiary/aromatic N) is 3. The summed E-state index contributed by atoms with van der Waals surface area (Å²) in [7, 11) is 1.93. The number of nitrogens with one attached hydrogen (secondary N) is 2. The highest BCUT2D eigenvalue weighted by Crippen LogP contribution is 2.01. The smallest absolute Gasteiger partial charge is 0.191 e. The lowest BCUT2D eigenvalue weighted by Gasteiger charge is -2.10. The van der Waals surface area contributed by atoms with E-state index in [9.17, 15) is 0 Å². The molecular weight excluding hydrogens is 306 g/mol. The Morgan fingerprint density at radius 1 is 1.42 bits per heavy atom. The van der Waals surface area contributed by atoms with E-state index in [-0.39, 0.29) is 0 Å². The van der Waals surface area contributed by atoms with Crippen LogP contribution >= 0.6 is 0 Å². The number of hydrogen-bond donors (Lipinski definition) is 2. The van der Waals surface area contributed by atoms with Gasteiger partial charge in [0.1, 0.15) is 12.4 Å². The van der Waals surface area contributed by atoms with Crippen LogP contribution in [0, 0.1) is 0 Å². The third kappa shape index (κ3) is 6.87. The van der Waals surface area contributed by atoms with Gasteiger partial charge in [-0.3, -0.25) is 9.67 Å². The number of furan rings is 1. The van der Waals surface area contributed by atoms with Crippen LogP contribution < -0.4 is 10.6 Å². The zero-order valence-corrected chi connectivity index (χ0v) is 14.5. The van der Waals surface area contributed by atoms with E-state index in [1.807, 2.05) is 36.3 Å². The Labute approximate surface area is 143 Å². The molecule has 0 fully saturated rings. The number of hydrogen-bond acceptors (Lipinski definition) is 4. The normalized spacial score (nSPS) is 11.7. The average molecular weight is 333 g/mol. The van der Waals surface area contributed by atoms with Gasteiger partial charge in [-0.25, -0.2) is 0 Å². The summed E-state index contributed by atoms with van der Waals surface area (Å²) in [5.41, 5.74) is 1.21. The number of ether oxygens (including phenoxy) is 1. The van der Waals surface area contributed by atoms with Gasteiger partial charge in [0.2, 0.25) is 0 Å². The summed E-state index contributed by atoms with van der Waals surface area (Å²) >= 11 is 0. The minimum absolute atomic E-state index is 0.514. The first-order valence-electron chi connectivity index (χ1n) is 8.37. The first-order chi connectivity index (χ1) is 11.8. The van der Waals surface area contributed by atoms with Crippen molar-refractivity contribution < 1.29 is 9.15 Å². The van der Waals surface area contributed by atoms with E-state index in [0.29, 0.717) is 13.2 Å². The number of guanidine groups is 1. The summed E-state index contributed by atoms with van der Waals surface area (Å²) in [5.74, 6) is 1.69. The van der Waals surface area contributed by atoms with Crippen molar-refractivity contribution in [1.29, 1.82) is 0 Å². The number of aryl methyl sites for hydroxylation is 1. The molecule has 0 amide bonds. The Bertz CT molecular complexity index is 592. The van der Waals surface area contributed by atoms with Crippen molar-refractivity contribution in [2.75, 3.05) is 26.2 Å². The molecule has 0 aliphatic rings. The molecule has 0 unspecified atom stereocenters. The molecule has 2 aromatic heterocycles. The Balaban J connectivity index is 1.60. The molecule has 0 saturated carbocycles. The molecule has 7 heteroatoms. The molecule has 2 aromatic rings. The van der Waals surface area contributed by atoms with Gasteiger partial charge in [-0.1, -0.05) is 0 Å². The first-order valence-corrected chi connectivity index (χ1v) is 8.37. The molecule has 0 spiro atoms. The van der Waals surface area contributed by atoms with Crippen molar-refractivity contribution in [3.63, 3.8) is 0 Å². The summed E-state index contributed by atoms with van der Waals surface area (Å²) in [6.07, 6.45) is 7.37. The Morgan fingerprint density at radius 3 is 3.04 bits per heavy atom. The topological polar surface area (TPSA) is 76.6 Å². The predicted octanol–water partition coefficient (Wildman–Crippen LogP) is 1.72. The SMILES string of the molecule is CCNC(=NCCCOCc1ccco1)NCCc1cnn(C)c1. The average Bonchev–Trinajstić information content (AvgIpc) is 3.22. The van der Waals surface area contributed by atoms with Gasteiger partial charge in [-0.15, -0.1) is 0 Å². The van der Waals surface area contributed by atoms with Crippen LogP contribution in [0.5, 0.6) is 0 Å². The van der Waals surface area contributed by atoms with E-state index in [1.54, 1.807) is 6.26 Å². The molecule has 132 valence electrons. The summed E-state index contributed by atoms with van der Waals surface area (Å²) in [4.78, 5) is 4.55. The van der Waals surface area contributed by atoms with Crippen LogP contribution in [0.3, 0.4) is 0 Å². The van der Waals surface area contributed by atoms with Gasteiger partial charge in [0.05, 0.1) is 12.5 Å². The summed E-state index contributed by atoms with van der Waals surface area (Å²) in [5, 5.41) is 10.8. The van der Waals surface area contributed by atoms with Crippen LogP contribution in [0.4, 0.5) is 0 Å². The monoisotopic (exact) mass is 333 g/mol. The van der Waals surface area contributed by atoms with Crippen LogP contribution in [0.2, 0.25) is 0 Å². The second-order valence-corrected chi connectivity index (χ2v) is 5.45. The van der Waals surface area contributed by atoms with Gasteiger partial charge in [0.15, 0.2) is 5.96 Å².